The van der Waals surface area contributed by atoms with E-state index in [0.29, 0.717) is 23.9 Å². The van der Waals surface area contributed by atoms with Gasteiger partial charge in [-0.25, -0.2) is 9.59 Å². The molecule has 0 saturated carbocycles. The minimum Gasteiger partial charge on any atom is -0.448 e. The molecule has 6 nitrogen and oxygen atoms in total. The van der Waals surface area contributed by atoms with Crippen LogP contribution in [0.5, 0.6) is 0 Å². The number of imide groups is 1. The summed E-state index contributed by atoms with van der Waals surface area (Å²) in [5, 5.41) is 2.56. The molecule has 3 rings (SSSR count). The van der Waals surface area contributed by atoms with Crippen molar-refractivity contribution < 1.29 is 19.1 Å². The van der Waals surface area contributed by atoms with Gasteiger partial charge in [-0.3, -0.25) is 9.69 Å². The summed E-state index contributed by atoms with van der Waals surface area (Å²) in [7, 11) is 0. The van der Waals surface area contributed by atoms with Gasteiger partial charge in [-0.05, 0) is 43.7 Å². The van der Waals surface area contributed by atoms with Crippen LogP contribution in [0.4, 0.5) is 4.79 Å². The number of carbonyl (C=O) groups excluding carboxylic acids is 3. The van der Waals surface area contributed by atoms with E-state index in [9.17, 15) is 14.4 Å². The van der Waals surface area contributed by atoms with Gasteiger partial charge in [0.05, 0.1) is 0 Å². The second kappa shape index (κ2) is 6.93. The Bertz CT molecular complexity index is 670. The summed E-state index contributed by atoms with van der Waals surface area (Å²) in [6.45, 7) is 4.44. The van der Waals surface area contributed by atoms with Gasteiger partial charge < -0.3 is 10.1 Å². The van der Waals surface area contributed by atoms with Crippen LogP contribution >= 0.6 is 11.3 Å². The second-order valence-corrected chi connectivity index (χ2v) is 7.48. The summed E-state index contributed by atoms with van der Waals surface area (Å²) in [4.78, 5) is 38.9. The molecule has 24 heavy (non-hydrogen) atoms. The zero-order valence-corrected chi connectivity index (χ0v) is 14.8. The molecule has 3 amide bonds. The summed E-state index contributed by atoms with van der Waals surface area (Å²) in [5.74, 6) is -0.279. The first kappa shape index (κ1) is 17.0. The molecule has 0 spiro atoms. The maximum atomic E-state index is 12.3. The van der Waals surface area contributed by atoms with E-state index in [2.05, 4.69) is 12.2 Å². The number of hydrogen-bond donors (Lipinski definition) is 1. The molecule has 0 radical (unpaired) electrons. The van der Waals surface area contributed by atoms with E-state index in [4.69, 9.17) is 4.74 Å². The first-order valence-corrected chi connectivity index (χ1v) is 9.23. The van der Waals surface area contributed by atoms with Crippen molar-refractivity contribution in [3.8, 4) is 0 Å². The summed E-state index contributed by atoms with van der Waals surface area (Å²) in [6, 6.07) is 1.48. The van der Waals surface area contributed by atoms with E-state index in [1.54, 1.807) is 0 Å². The van der Waals surface area contributed by atoms with Crippen LogP contribution in [0.3, 0.4) is 0 Å². The molecule has 1 N–H and O–H groups in total. The average molecular weight is 350 g/mol. The Kier molecular flexibility index (Phi) is 4.89. The maximum absolute atomic E-state index is 12.3. The van der Waals surface area contributed by atoms with Crippen LogP contribution < -0.4 is 5.32 Å². The first-order valence-electron chi connectivity index (χ1n) is 8.41. The predicted molar refractivity (Wildman–Crippen MR) is 90.1 cm³/mol. The first-order chi connectivity index (χ1) is 11.5. The highest BCUT2D eigenvalue weighted by molar-refractivity contribution is 7.14. The van der Waals surface area contributed by atoms with Crippen molar-refractivity contribution in [2.24, 2.45) is 5.92 Å². The van der Waals surface area contributed by atoms with Crippen LogP contribution in [-0.2, 0) is 22.4 Å². The number of ether oxygens (including phenoxy) is 1. The highest BCUT2D eigenvalue weighted by Crippen LogP contribution is 2.33. The van der Waals surface area contributed by atoms with Gasteiger partial charge in [-0.1, -0.05) is 13.3 Å². The Morgan fingerprint density at radius 2 is 2.29 bits per heavy atom. The molecule has 1 aromatic rings. The minimum atomic E-state index is -0.969. The lowest BCUT2D eigenvalue weighted by molar-refractivity contribution is -0.135. The number of amides is 3. The van der Waals surface area contributed by atoms with Crippen molar-refractivity contribution in [3.63, 3.8) is 0 Å². The van der Waals surface area contributed by atoms with Crippen LogP contribution in [-0.4, -0.2) is 42.0 Å². The molecule has 2 atom stereocenters. The molecule has 2 heterocycles. The molecule has 7 heteroatoms. The lowest BCUT2D eigenvalue weighted by Gasteiger charge is -2.19. The molecule has 0 bridgehead atoms. The summed E-state index contributed by atoms with van der Waals surface area (Å²) in [6.07, 6.45) is 3.37. The van der Waals surface area contributed by atoms with Crippen LogP contribution in [0.1, 0.15) is 46.8 Å². The van der Waals surface area contributed by atoms with E-state index in [0.717, 1.165) is 30.6 Å². The van der Waals surface area contributed by atoms with E-state index < -0.39 is 24.0 Å². The second-order valence-electron chi connectivity index (χ2n) is 6.35. The van der Waals surface area contributed by atoms with Gasteiger partial charge in [-0.2, -0.15) is 0 Å². The fraction of sp³-hybridized carbons (Fsp3) is 0.588. The molecule has 1 aromatic heterocycles. The zero-order chi connectivity index (χ0) is 17.3. The van der Waals surface area contributed by atoms with Crippen molar-refractivity contribution in [2.75, 3.05) is 13.1 Å². The summed E-state index contributed by atoms with van der Waals surface area (Å²) >= 11 is 1.46. The van der Waals surface area contributed by atoms with Crippen LogP contribution in [0.25, 0.3) is 0 Å². The number of aryl methyl sites for hydroxylation is 1. The molecule has 0 unspecified atom stereocenters. The van der Waals surface area contributed by atoms with Crippen molar-refractivity contribution in [2.45, 2.75) is 45.6 Å². The highest BCUT2D eigenvalue weighted by atomic mass is 32.1. The van der Waals surface area contributed by atoms with Crippen molar-refractivity contribution in [1.82, 2.24) is 10.2 Å². The van der Waals surface area contributed by atoms with E-state index in [1.165, 1.54) is 28.7 Å². The third-order valence-corrected chi connectivity index (χ3v) is 5.93. The van der Waals surface area contributed by atoms with Crippen molar-refractivity contribution >= 4 is 29.2 Å². The number of thiophene rings is 1. The number of urea groups is 1. The zero-order valence-electron chi connectivity index (χ0n) is 14.0. The monoisotopic (exact) mass is 350 g/mol. The Morgan fingerprint density at radius 3 is 2.96 bits per heavy atom. The molecular weight excluding hydrogens is 328 g/mol. The molecule has 0 aromatic carbocycles. The van der Waals surface area contributed by atoms with Crippen LogP contribution in [0.15, 0.2) is 6.07 Å². The molecule has 1 aliphatic heterocycles. The molecular formula is C17H22N2O4S. The standard InChI is InChI=1S/C17H22N2O4S/c1-3-11-4-5-13-12(8-11)9-14(24-13)16(21)23-10(2)15(20)19-7-6-18-17(19)22/h9-11H,3-8H2,1-2H3,(H,18,22)/t10-,11+/m0/s1. The topological polar surface area (TPSA) is 75.7 Å². The largest absolute Gasteiger partial charge is 0.448 e. The molecule has 130 valence electrons. The number of nitrogens with zero attached hydrogens (tertiary/aromatic N) is 1. The molecule has 1 fully saturated rings. The van der Waals surface area contributed by atoms with Gasteiger partial charge in [0.25, 0.3) is 5.91 Å². The SMILES string of the molecule is CC[C@@H]1CCc2sc(C(=O)O[C@@H](C)C(=O)N3CCNC3=O)cc2C1. The number of esters is 1. The Labute approximate surface area is 145 Å². The summed E-state index contributed by atoms with van der Waals surface area (Å²) < 4.78 is 5.29. The lowest BCUT2D eigenvalue weighted by atomic mass is 9.87. The molecule has 1 saturated heterocycles. The highest BCUT2D eigenvalue weighted by Gasteiger charge is 2.32. The van der Waals surface area contributed by atoms with E-state index in [-0.39, 0.29) is 0 Å². The lowest BCUT2D eigenvalue weighted by Crippen LogP contribution is -2.41. The fourth-order valence-corrected chi connectivity index (χ4v) is 4.31. The number of nitrogens with one attached hydrogen (secondary N) is 1. The maximum Gasteiger partial charge on any atom is 0.349 e. The number of rotatable bonds is 4. The Balaban J connectivity index is 1.64. The predicted octanol–water partition coefficient (Wildman–Crippen LogP) is 2.36. The van der Waals surface area contributed by atoms with Gasteiger partial charge in [-0.15, -0.1) is 11.3 Å². The number of carbonyl (C=O) groups is 3. The summed E-state index contributed by atoms with van der Waals surface area (Å²) in [5.41, 5.74) is 1.24. The van der Waals surface area contributed by atoms with Crippen LogP contribution in [0.2, 0.25) is 0 Å². The van der Waals surface area contributed by atoms with E-state index in [1.807, 2.05) is 6.07 Å². The number of fused-ring (bicyclic) bond motifs is 1. The van der Waals surface area contributed by atoms with Gasteiger partial charge >= 0.3 is 12.0 Å². The van der Waals surface area contributed by atoms with E-state index >= 15 is 0 Å². The Morgan fingerprint density at radius 1 is 1.50 bits per heavy atom. The van der Waals surface area contributed by atoms with Crippen molar-refractivity contribution in [3.05, 3.63) is 21.4 Å². The number of hydrogen-bond acceptors (Lipinski definition) is 5. The van der Waals surface area contributed by atoms with Gasteiger partial charge in [0.2, 0.25) is 0 Å². The molecule has 1 aliphatic carbocycles. The van der Waals surface area contributed by atoms with Gasteiger partial charge in [0.15, 0.2) is 6.10 Å². The van der Waals surface area contributed by atoms with Crippen LogP contribution in [0, 0.1) is 5.92 Å². The third-order valence-electron chi connectivity index (χ3n) is 4.72. The van der Waals surface area contributed by atoms with Gasteiger partial charge in [0.1, 0.15) is 4.88 Å². The van der Waals surface area contributed by atoms with Gasteiger partial charge in [0, 0.05) is 18.0 Å². The van der Waals surface area contributed by atoms with Crippen molar-refractivity contribution in [1.29, 1.82) is 0 Å². The molecule has 2 aliphatic rings. The Hall–Kier alpha value is -1.89. The minimum absolute atomic E-state index is 0.311. The average Bonchev–Trinajstić information content (AvgIpc) is 3.19. The third kappa shape index (κ3) is 3.31. The smallest absolute Gasteiger partial charge is 0.349 e. The normalized spacial score (nSPS) is 21.2. The quantitative estimate of drug-likeness (QED) is 0.846. The fourth-order valence-electron chi connectivity index (χ4n) is 3.22.